The van der Waals surface area contributed by atoms with Crippen LogP contribution in [0.1, 0.15) is 38.9 Å². The quantitative estimate of drug-likeness (QED) is 0.384. The summed E-state index contributed by atoms with van der Waals surface area (Å²) in [6.07, 6.45) is 2.07. The van der Waals surface area contributed by atoms with Gasteiger partial charge in [-0.3, -0.25) is 9.59 Å². The number of nitrogens with zero attached hydrogens (tertiary/aromatic N) is 1. The van der Waals surface area contributed by atoms with Gasteiger partial charge in [0.05, 0.1) is 12.3 Å². The molecule has 1 unspecified atom stereocenters. The molecule has 6 nitrogen and oxygen atoms in total. The van der Waals surface area contributed by atoms with E-state index in [0.29, 0.717) is 18.7 Å². The van der Waals surface area contributed by atoms with E-state index in [1.807, 2.05) is 12.1 Å². The molecule has 1 atom stereocenters. The van der Waals surface area contributed by atoms with Crippen LogP contribution in [0.25, 0.3) is 0 Å². The average molecular weight is 503 g/mol. The number of carbonyl (C=O) groups excluding carboxylic acids is 2. The largest absolute Gasteiger partial charge is 0.484 e. The molecule has 5 rings (SSSR count). The predicted octanol–water partition coefficient (Wildman–Crippen LogP) is 5.04. The monoisotopic (exact) mass is 502 g/mol. The standard InChI is InChI=1S/C29H24F2N2O4/c30-22-8-3-19(4-9-22)17-32-27(34)18-37-24-12-7-20-13-14-33(29(35)26-2-1-15-36-26)28(25(20)16-24)21-5-10-23(31)11-6-21/h1-12,15-16,28H,13-14,17-18H2,(H,32,34). The first kappa shape index (κ1) is 24.2. The molecule has 1 aliphatic heterocycles. The molecule has 37 heavy (non-hydrogen) atoms. The maximum absolute atomic E-state index is 13.7. The number of amides is 2. The third-order valence-electron chi connectivity index (χ3n) is 6.30. The number of benzene rings is 3. The van der Waals surface area contributed by atoms with Gasteiger partial charge in [0.2, 0.25) is 0 Å². The molecule has 8 heteroatoms. The smallest absolute Gasteiger partial charge is 0.290 e. The molecular weight excluding hydrogens is 478 g/mol. The lowest BCUT2D eigenvalue weighted by molar-refractivity contribution is -0.123. The molecule has 2 amide bonds. The first-order chi connectivity index (χ1) is 18.0. The Kier molecular flexibility index (Phi) is 6.98. The number of hydrogen-bond donors (Lipinski definition) is 1. The van der Waals surface area contributed by atoms with Crippen LogP contribution >= 0.6 is 0 Å². The van der Waals surface area contributed by atoms with E-state index in [1.165, 1.54) is 30.5 Å². The molecule has 0 fully saturated rings. The van der Waals surface area contributed by atoms with Crippen LogP contribution in [0.4, 0.5) is 8.78 Å². The zero-order chi connectivity index (χ0) is 25.8. The van der Waals surface area contributed by atoms with Crippen LogP contribution < -0.4 is 10.1 Å². The lowest BCUT2D eigenvalue weighted by Crippen LogP contribution is -2.40. The number of halogens is 2. The maximum atomic E-state index is 13.7. The first-order valence-electron chi connectivity index (χ1n) is 11.8. The van der Waals surface area contributed by atoms with Crippen LogP contribution in [0.3, 0.4) is 0 Å². The van der Waals surface area contributed by atoms with E-state index in [4.69, 9.17) is 9.15 Å². The van der Waals surface area contributed by atoms with Gasteiger partial charge in [-0.2, -0.15) is 0 Å². The number of carbonyl (C=O) groups is 2. The number of fused-ring (bicyclic) bond motifs is 1. The van der Waals surface area contributed by atoms with Gasteiger partial charge < -0.3 is 19.4 Å². The van der Waals surface area contributed by atoms with Crippen molar-refractivity contribution in [2.24, 2.45) is 0 Å². The highest BCUT2D eigenvalue weighted by Gasteiger charge is 2.34. The molecule has 4 aromatic rings. The van der Waals surface area contributed by atoms with E-state index in [1.54, 1.807) is 47.4 Å². The van der Waals surface area contributed by atoms with E-state index < -0.39 is 6.04 Å². The van der Waals surface area contributed by atoms with Gasteiger partial charge in [0.25, 0.3) is 11.8 Å². The summed E-state index contributed by atoms with van der Waals surface area (Å²) in [5, 5.41) is 2.74. The topological polar surface area (TPSA) is 71.8 Å². The van der Waals surface area contributed by atoms with Crippen molar-refractivity contribution < 1.29 is 27.5 Å². The van der Waals surface area contributed by atoms with Crippen molar-refractivity contribution >= 4 is 11.8 Å². The molecule has 188 valence electrons. The molecule has 0 bridgehead atoms. The minimum Gasteiger partial charge on any atom is -0.484 e. The van der Waals surface area contributed by atoms with Gasteiger partial charge in [0.15, 0.2) is 12.4 Å². The van der Waals surface area contributed by atoms with Crippen molar-refractivity contribution in [3.8, 4) is 5.75 Å². The van der Waals surface area contributed by atoms with Gasteiger partial charge in [0.1, 0.15) is 17.4 Å². The van der Waals surface area contributed by atoms with E-state index in [9.17, 15) is 18.4 Å². The maximum Gasteiger partial charge on any atom is 0.290 e. The van der Waals surface area contributed by atoms with E-state index >= 15 is 0 Å². The SMILES string of the molecule is O=C(COc1ccc2c(c1)C(c1ccc(F)cc1)N(C(=O)c1ccco1)CC2)NCc1ccc(F)cc1. The molecule has 0 aliphatic carbocycles. The Labute approximate surface area is 212 Å². The molecule has 1 N–H and O–H groups in total. The minimum absolute atomic E-state index is 0.212. The summed E-state index contributed by atoms with van der Waals surface area (Å²) in [5.41, 5.74) is 3.39. The van der Waals surface area contributed by atoms with Crippen molar-refractivity contribution in [1.82, 2.24) is 10.2 Å². The minimum atomic E-state index is -0.488. The zero-order valence-electron chi connectivity index (χ0n) is 19.8. The Hall–Kier alpha value is -4.46. The molecule has 1 aliphatic rings. The summed E-state index contributed by atoms with van der Waals surface area (Å²) in [7, 11) is 0. The molecular formula is C29H24F2N2O4. The van der Waals surface area contributed by atoms with Crippen molar-refractivity contribution in [3.05, 3.63) is 125 Å². The highest BCUT2D eigenvalue weighted by atomic mass is 19.1. The molecule has 0 saturated carbocycles. The Morgan fingerprint density at radius 3 is 2.41 bits per heavy atom. The van der Waals surface area contributed by atoms with Crippen molar-refractivity contribution in [2.45, 2.75) is 19.0 Å². The number of ether oxygens (including phenoxy) is 1. The van der Waals surface area contributed by atoms with Crippen LogP contribution in [0.2, 0.25) is 0 Å². The third kappa shape index (κ3) is 5.53. The second-order valence-corrected chi connectivity index (χ2v) is 8.73. The van der Waals surface area contributed by atoms with Crippen LogP contribution in [-0.4, -0.2) is 29.9 Å². The lowest BCUT2D eigenvalue weighted by Gasteiger charge is -2.37. The average Bonchev–Trinajstić information content (AvgIpc) is 3.46. The van der Waals surface area contributed by atoms with Gasteiger partial charge in [-0.15, -0.1) is 0 Å². The first-order valence-corrected chi connectivity index (χ1v) is 11.8. The fourth-order valence-corrected chi connectivity index (χ4v) is 4.45. The summed E-state index contributed by atoms with van der Waals surface area (Å²) in [5.74, 6) is -0.610. The highest BCUT2D eigenvalue weighted by molar-refractivity contribution is 5.92. The number of rotatable bonds is 7. The normalized spacial score (nSPS) is 14.6. The molecule has 0 saturated heterocycles. The second-order valence-electron chi connectivity index (χ2n) is 8.73. The molecule has 2 heterocycles. The summed E-state index contributed by atoms with van der Waals surface area (Å²) in [6, 6.07) is 20.2. The molecule has 3 aromatic carbocycles. The summed E-state index contributed by atoms with van der Waals surface area (Å²) in [4.78, 5) is 27.3. The fraction of sp³-hybridized carbons (Fsp3) is 0.172. The Morgan fingerprint density at radius 2 is 1.70 bits per heavy atom. The van der Waals surface area contributed by atoms with Gasteiger partial charge in [-0.05, 0) is 77.2 Å². The number of nitrogens with one attached hydrogen (secondary N) is 1. The summed E-state index contributed by atoms with van der Waals surface area (Å²) >= 11 is 0. The van der Waals surface area contributed by atoms with Gasteiger partial charge in [-0.1, -0.05) is 30.3 Å². The molecule has 0 spiro atoms. The predicted molar refractivity (Wildman–Crippen MR) is 132 cm³/mol. The Morgan fingerprint density at radius 1 is 0.973 bits per heavy atom. The van der Waals surface area contributed by atoms with Crippen LogP contribution in [0, 0.1) is 11.6 Å². The fourth-order valence-electron chi connectivity index (χ4n) is 4.45. The van der Waals surface area contributed by atoms with Crippen LogP contribution in [0.5, 0.6) is 5.75 Å². The van der Waals surface area contributed by atoms with Gasteiger partial charge in [-0.25, -0.2) is 8.78 Å². The van der Waals surface area contributed by atoms with Crippen molar-refractivity contribution in [2.75, 3.05) is 13.2 Å². The highest BCUT2D eigenvalue weighted by Crippen LogP contribution is 2.38. The lowest BCUT2D eigenvalue weighted by atomic mass is 9.87. The molecule has 0 radical (unpaired) electrons. The van der Waals surface area contributed by atoms with Crippen LogP contribution in [0.15, 0.2) is 89.5 Å². The molecule has 1 aromatic heterocycles. The second kappa shape index (κ2) is 10.7. The van der Waals surface area contributed by atoms with Crippen molar-refractivity contribution in [1.29, 1.82) is 0 Å². The Balaban J connectivity index is 1.35. The number of hydrogen-bond acceptors (Lipinski definition) is 4. The Bertz CT molecular complexity index is 1390. The zero-order valence-corrected chi connectivity index (χ0v) is 19.8. The third-order valence-corrected chi connectivity index (χ3v) is 6.30. The van der Waals surface area contributed by atoms with E-state index in [0.717, 1.165) is 22.3 Å². The van der Waals surface area contributed by atoms with Gasteiger partial charge >= 0.3 is 0 Å². The summed E-state index contributed by atoms with van der Waals surface area (Å²) < 4.78 is 37.9. The van der Waals surface area contributed by atoms with E-state index in [2.05, 4.69) is 5.32 Å². The van der Waals surface area contributed by atoms with Gasteiger partial charge in [0, 0.05) is 13.1 Å². The summed E-state index contributed by atoms with van der Waals surface area (Å²) in [6.45, 7) is 0.500. The van der Waals surface area contributed by atoms with E-state index in [-0.39, 0.29) is 42.4 Å². The van der Waals surface area contributed by atoms with Crippen LogP contribution in [-0.2, 0) is 17.8 Å². The number of furan rings is 1. The van der Waals surface area contributed by atoms with Crippen molar-refractivity contribution in [3.63, 3.8) is 0 Å².